The van der Waals surface area contributed by atoms with Crippen LogP contribution in [-0.4, -0.2) is 5.11 Å². The minimum Gasteiger partial charge on any atom is -0.462 e. The summed E-state index contributed by atoms with van der Waals surface area (Å²) in [6.45, 7) is 1.57. The molecule has 5 heavy (non-hydrogen) atoms. The van der Waals surface area contributed by atoms with Gasteiger partial charge in [-0.25, -0.2) is 0 Å². The van der Waals surface area contributed by atoms with Gasteiger partial charge in [-0.3, -0.25) is 0 Å². The molecular formula is C3H4AcO. The van der Waals surface area contributed by atoms with Crippen LogP contribution in [0.25, 0.3) is 0 Å². The second-order valence-corrected chi connectivity index (χ2v) is 0.362. The zero-order chi connectivity index (χ0) is 3.41. The normalized spacial score (nSPS) is 2.60. The average molecular weight is 283 g/mol. The molecule has 25 valence electrons. The molecule has 0 atom stereocenters. The molecule has 0 aliphatic heterocycles. The van der Waals surface area contributed by atoms with Crippen molar-refractivity contribution >= 4 is 0 Å². The van der Waals surface area contributed by atoms with Crippen LogP contribution in [0.3, 0.4) is 0 Å². The zero-order valence-electron chi connectivity index (χ0n) is 3.02. The molecule has 0 aliphatic carbocycles. The van der Waals surface area contributed by atoms with Gasteiger partial charge in [-0.2, -0.15) is 0 Å². The van der Waals surface area contributed by atoms with E-state index in [9.17, 15) is 0 Å². The van der Waals surface area contributed by atoms with Gasteiger partial charge in [0, 0.05) is 51.0 Å². The van der Waals surface area contributed by atoms with Crippen molar-refractivity contribution in [2.75, 3.05) is 0 Å². The van der Waals surface area contributed by atoms with Crippen molar-refractivity contribution in [2.24, 2.45) is 0 Å². The molecular weight excluding hydrogens is 279 g/mol. The molecule has 0 amide bonds. The Morgan fingerprint density at radius 3 is 1.80 bits per heavy atom. The molecule has 1 radical (unpaired) electrons. The van der Waals surface area contributed by atoms with Crippen molar-refractivity contribution in [3.8, 4) is 12.0 Å². The smallest absolute Gasteiger partial charge is 0.107 e. The van der Waals surface area contributed by atoms with Crippen molar-refractivity contribution < 1.29 is 49.2 Å². The van der Waals surface area contributed by atoms with E-state index < -0.39 is 0 Å². The molecule has 0 aromatic heterocycles. The molecule has 0 saturated heterocycles. The van der Waals surface area contributed by atoms with Gasteiger partial charge in [-0.15, -0.1) is 0 Å². The minimum absolute atomic E-state index is 0. The monoisotopic (exact) mass is 283 g/mol. The quantitative estimate of drug-likeness (QED) is 0.636. The molecule has 1 N–H and O–H groups in total. The molecule has 0 unspecified atom stereocenters. The van der Waals surface area contributed by atoms with Gasteiger partial charge in [0.2, 0.25) is 0 Å². The second kappa shape index (κ2) is 8.84. The van der Waals surface area contributed by atoms with Gasteiger partial charge in [-0.05, 0) is 0 Å². The van der Waals surface area contributed by atoms with Gasteiger partial charge in [0.15, 0.2) is 0 Å². The first-order valence-electron chi connectivity index (χ1n) is 0.974. The van der Waals surface area contributed by atoms with E-state index in [4.69, 9.17) is 5.11 Å². The minimum atomic E-state index is 0. The van der Waals surface area contributed by atoms with Crippen LogP contribution < -0.4 is 0 Å². The van der Waals surface area contributed by atoms with E-state index in [-0.39, 0.29) is 44.1 Å². The van der Waals surface area contributed by atoms with Crippen LogP contribution in [0.5, 0.6) is 0 Å². The summed E-state index contributed by atoms with van der Waals surface area (Å²) < 4.78 is 0. The molecule has 1 nitrogen and oxygen atoms in total. The van der Waals surface area contributed by atoms with Gasteiger partial charge >= 0.3 is 0 Å². The maximum Gasteiger partial charge on any atom is 0.107 e. The predicted molar refractivity (Wildman–Crippen MR) is 15.4 cm³/mol. The zero-order valence-corrected chi connectivity index (χ0v) is 7.77. The van der Waals surface area contributed by atoms with Crippen molar-refractivity contribution in [1.82, 2.24) is 0 Å². The van der Waals surface area contributed by atoms with E-state index in [2.05, 4.69) is 5.92 Å². The van der Waals surface area contributed by atoms with Gasteiger partial charge in [0.25, 0.3) is 0 Å². The summed E-state index contributed by atoms with van der Waals surface area (Å²) in [5.41, 5.74) is 0. The van der Waals surface area contributed by atoms with Crippen LogP contribution in [0.4, 0.5) is 0 Å². The molecule has 0 spiro atoms. The molecule has 0 aromatic rings. The fraction of sp³-hybridized carbons (Fsp3) is 0.333. The van der Waals surface area contributed by atoms with E-state index in [0.717, 1.165) is 0 Å². The Balaban J connectivity index is 0. The molecule has 0 saturated carbocycles. The Kier molecular flexibility index (Phi) is 16.4. The van der Waals surface area contributed by atoms with E-state index in [1.807, 2.05) is 0 Å². The largest absolute Gasteiger partial charge is 0.462 e. The van der Waals surface area contributed by atoms with Crippen LogP contribution >= 0.6 is 0 Å². The van der Waals surface area contributed by atoms with E-state index in [1.165, 1.54) is 0 Å². The second-order valence-electron chi connectivity index (χ2n) is 0.362. The molecule has 2 heteroatoms. The molecule has 0 aromatic carbocycles. The Labute approximate surface area is 67.3 Å². The molecule has 0 fully saturated rings. The first-order chi connectivity index (χ1) is 1.91. The summed E-state index contributed by atoms with van der Waals surface area (Å²) in [5.74, 6) is 2.24. The van der Waals surface area contributed by atoms with Crippen LogP contribution in [-0.2, 0) is 0 Å². The number of hydrogen-bond acceptors (Lipinski definition) is 1. The maximum absolute atomic E-state index is 7.51. The summed E-state index contributed by atoms with van der Waals surface area (Å²) in [5, 5.41) is 7.51. The average Bonchev–Trinajstić information content (AvgIpc) is 1.37. The van der Waals surface area contributed by atoms with Crippen molar-refractivity contribution in [3.63, 3.8) is 0 Å². The Bertz CT molecular complexity index is 43.6. The van der Waals surface area contributed by atoms with E-state index in [1.54, 1.807) is 13.0 Å². The van der Waals surface area contributed by atoms with E-state index >= 15 is 0 Å². The van der Waals surface area contributed by atoms with Crippen molar-refractivity contribution in [2.45, 2.75) is 6.92 Å². The predicted octanol–water partition coefficient (Wildman–Crippen LogP) is 0.340. The fourth-order valence-corrected chi connectivity index (χ4v) is 0. The molecule has 0 bridgehead atoms. The third-order valence-electron chi connectivity index (χ3n) is 0.112. The summed E-state index contributed by atoms with van der Waals surface area (Å²) in [7, 11) is 0. The number of rotatable bonds is 0. The Morgan fingerprint density at radius 2 is 1.80 bits per heavy atom. The van der Waals surface area contributed by atoms with Gasteiger partial charge < -0.3 is 5.11 Å². The Morgan fingerprint density at radius 1 is 1.60 bits per heavy atom. The third kappa shape index (κ3) is 11.6. The van der Waals surface area contributed by atoms with Crippen LogP contribution in [0.15, 0.2) is 0 Å². The van der Waals surface area contributed by atoms with Gasteiger partial charge in [-0.1, -0.05) is 5.92 Å². The third-order valence-corrected chi connectivity index (χ3v) is 0.112. The molecule has 0 rings (SSSR count). The van der Waals surface area contributed by atoms with E-state index in [0.29, 0.717) is 0 Å². The number of aliphatic hydroxyl groups excluding tert-OH is 1. The Hall–Kier alpha value is 0.802. The van der Waals surface area contributed by atoms with Crippen LogP contribution in [0.2, 0.25) is 0 Å². The summed E-state index contributed by atoms with van der Waals surface area (Å²) in [6.07, 6.45) is 1.68. The molecule has 0 aliphatic rings. The first kappa shape index (κ1) is 9.26. The van der Waals surface area contributed by atoms with Crippen LogP contribution in [0, 0.1) is 56.1 Å². The summed E-state index contributed by atoms with van der Waals surface area (Å²) >= 11 is 0. The summed E-state index contributed by atoms with van der Waals surface area (Å²) in [6, 6.07) is 0. The standard InChI is InChI=1S/C3H4O.Ac/c1-2-3-4;/h4H,1H3;. The number of hydrogen-bond donors (Lipinski definition) is 1. The first-order valence-corrected chi connectivity index (χ1v) is 0.974. The topological polar surface area (TPSA) is 20.2 Å². The maximum atomic E-state index is 7.51. The SMILES string of the molecule is CC#CO.[Ac]. The number of aliphatic hydroxyl groups is 1. The van der Waals surface area contributed by atoms with Crippen LogP contribution in [0.1, 0.15) is 6.92 Å². The molecule has 0 heterocycles. The van der Waals surface area contributed by atoms with Crippen molar-refractivity contribution in [1.29, 1.82) is 0 Å². The fourth-order valence-electron chi connectivity index (χ4n) is 0. The van der Waals surface area contributed by atoms with Gasteiger partial charge in [0.1, 0.15) is 6.11 Å². The van der Waals surface area contributed by atoms with Crippen molar-refractivity contribution in [3.05, 3.63) is 0 Å². The van der Waals surface area contributed by atoms with Gasteiger partial charge in [0.05, 0.1) is 0 Å². The summed E-state index contributed by atoms with van der Waals surface area (Å²) in [4.78, 5) is 0.